The average molecular weight is 330 g/mol. The lowest BCUT2D eigenvalue weighted by Gasteiger charge is -2.05. The van der Waals surface area contributed by atoms with E-state index >= 15 is 0 Å². The molecule has 0 aliphatic heterocycles. The molecule has 0 aliphatic rings. The molecule has 0 fully saturated rings. The molecule has 22 heavy (non-hydrogen) atoms. The number of hydrogen-bond acceptors (Lipinski definition) is 7. The van der Waals surface area contributed by atoms with E-state index in [1.54, 1.807) is 0 Å². The monoisotopic (exact) mass is 330 g/mol. The molecule has 1 aromatic carbocycles. The number of carbonyl (C=O) groups is 1. The van der Waals surface area contributed by atoms with Crippen LogP contribution in [-0.2, 0) is 4.79 Å². The number of anilines is 1. The lowest BCUT2D eigenvalue weighted by Crippen LogP contribution is -2.20. The highest BCUT2D eigenvalue weighted by Gasteiger charge is 2.17. The Morgan fingerprint density at radius 1 is 1.41 bits per heavy atom. The van der Waals surface area contributed by atoms with Gasteiger partial charge < -0.3 is 4.74 Å². The van der Waals surface area contributed by atoms with E-state index in [1.165, 1.54) is 24.3 Å². The summed E-state index contributed by atoms with van der Waals surface area (Å²) in [4.78, 5) is 21.7. The zero-order valence-corrected chi connectivity index (χ0v) is 11.5. The summed E-state index contributed by atoms with van der Waals surface area (Å²) in [5, 5.41) is 18.9. The van der Waals surface area contributed by atoms with Crippen molar-refractivity contribution in [2.24, 2.45) is 0 Å². The van der Waals surface area contributed by atoms with Crippen LogP contribution in [0.15, 0.2) is 24.3 Å². The molecule has 11 heteroatoms. The molecule has 0 saturated heterocycles. The van der Waals surface area contributed by atoms with Crippen molar-refractivity contribution >= 4 is 28.1 Å². The van der Waals surface area contributed by atoms with Crippen molar-refractivity contribution in [3.05, 3.63) is 39.4 Å². The number of halogens is 2. The number of benzene rings is 1. The first-order chi connectivity index (χ1) is 10.5. The van der Waals surface area contributed by atoms with E-state index in [0.717, 1.165) is 0 Å². The number of nitro groups is 1. The van der Waals surface area contributed by atoms with Crippen LogP contribution in [0, 0.1) is 10.1 Å². The van der Waals surface area contributed by atoms with Crippen molar-refractivity contribution in [1.82, 2.24) is 10.2 Å². The van der Waals surface area contributed by atoms with Crippen molar-refractivity contribution in [2.45, 2.75) is 6.43 Å². The van der Waals surface area contributed by atoms with E-state index in [0.29, 0.717) is 11.3 Å². The Kier molecular flexibility index (Phi) is 4.88. The average Bonchev–Trinajstić information content (AvgIpc) is 2.94. The van der Waals surface area contributed by atoms with Crippen molar-refractivity contribution in [2.75, 3.05) is 11.9 Å². The molecule has 0 radical (unpaired) electrons. The van der Waals surface area contributed by atoms with Gasteiger partial charge in [-0.25, -0.2) is 8.78 Å². The van der Waals surface area contributed by atoms with Gasteiger partial charge in [0.25, 0.3) is 12.3 Å². The maximum absolute atomic E-state index is 12.3. The molecular weight excluding hydrogens is 322 g/mol. The zero-order chi connectivity index (χ0) is 16.1. The van der Waals surface area contributed by atoms with Gasteiger partial charge in [-0.05, 0) is 6.07 Å². The molecule has 0 atom stereocenters. The van der Waals surface area contributed by atoms with Gasteiger partial charge in [0.2, 0.25) is 5.13 Å². The summed E-state index contributed by atoms with van der Waals surface area (Å²) in [7, 11) is 0. The molecule has 0 spiro atoms. The van der Waals surface area contributed by atoms with Crippen molar-refractivity contribution < 1.29 is 23.2 Å². The zero-order valence-electron chi connectivity index (χ0n) is 10.7. The predicted octanol–water partition coefficient (Wildman–Crippen LogP) is 2.40. The molecule has 2 rings (SSSR count). The molecule has 0 saturated carbocycles. The Bertz CT molecular complexity index is 694. The van der Waals surface area contributed by atoms with Crippen LogP contribution in [0.3, 0.4) is 0 Å². The number of nitro benzene ring substituents is 1. The molecule has 8 nitrogen and oxygen atoms in total. The number of carbonyl (C=O) groups excluding carboxylic acids is 1. The lowest BCUT2D eigenvalue weighted by molar-refractivity contribution is -0.385. The maximum atomic E-state index is 12.3. The number of aromatic nitrogens is 2. The first-order valence-corrected chi connectivity index (χ1v) is 6.56. The van der Waals surface area contributed by atoms with Gasteiger partial charge in [0, 0.05) is 6.07 Å². The number of hydrogen-bond donors (Lipinski definition) is 1. The van der Waals surface area contributed by atoms with Crippen LogP contribution >= 0.6 is 11.3 Å². The van der Waals surface area contributed by atoms with Gasteiger partial charge in [-0.15, -0.1) is 10.2 Å². The topological polar surface area (TPSA) is 107 Å². The Morgan fingerprint density at radius 3 is 2.77 bits per heavy atom. The first-order valence-electron chi connectivity index (χ1n) is 5.75. The van der Waals surface area contributed by atoms with Crippen LogP contribution in [0.1, 0.15) is 11.4 Å². The van der Waals surface area contributed by atoms with Gasteiger partial charge in [-0.3, -0.25) is 20.2 Å². The highest BCUT2D eigenvalue weighted by atomic mass is 32.1. The molecule has 1 aromatic heterocycles. The number of rotatable bonds is 6. The van der Waals surface area contributed by atoms with Crippen LogP contribution in [-0.4, -0.2) is 27.6 Å². The van der Waals surface area contributed by atoms with E-state index < -0.39 is 28.9 Å². The number of ether oxygens (including phenoxy) is 1. The van der Waals surface area contributed by atoms with E-state index in [9.17, 15) is 23.7 Å². The largest absolute Gasteiger partial charge is 0.477 e. The van der Waals surface area contributed by atoms with E-state index in [-0.39, 0.29) is 16.6 Å². The Labute approximate surface area is 125 Å². The number of amides is 1. The predicted molar refractivity (Wildman–Crippen MR) is 72.1 cm³/mol. The second-order valence-corrected chi connectivity index (χ2v) is 4.82. The molecule has 0 aliphatic carbocycles. The fourth-order valence-electron chi connectivity index (χ4n) is 1.40. The Morgan fingerprint density at radius 2 is 2.14 bits per heavy atom. The van der Waals surface area contributed by atoms with Crippen LogP contribution in [0.4, 0.5) is 19.6 Å². The minimum atomic E-state index is -2.77. The number of para-hydroxylation sites is 2. The molecule has 1 amide bonds. The van der Waals surface area contributed by atoms with E-state index in [2.05, 4.69) is 15.5 Å². The minimum Gasteiger partial charge on any atom is -0.477 e. The number of nitrogens with one attached hydrogen (secondary N) is 1. The van der Waals surface area contributed by atoms with Crippen LogP contribution in [0.25, 0.3) is 0 Å². The molecule has 2 aromatic rings. The summed E-state index contributed by atoms with van der Waals surface area (Å²) in [5.74, 6) is -0.775. The number of nitrogens with zero attached hydrogens (tertiary/aromatic N) is 3. The molecule has 1 N–H and O–H groups in total. The molecular formula is C11H8F2N4O4S. The van der Waals surface area contributed by atoms with E-state index in [4.69, 9.17) is 4.74 Å². The van der Waals surface area contributed by atoms with Crippen molar-refractivity contribution in [3.63, 3.8) is 0 Å². The van der Waals surface area contributed by atoms with Crippen LogP contribution in [0.2, 0.25) is 0 Å². The third kappa shape index (κ3) is 3.91. The first kappa shape index (κ1) is 15.7. The molecule has 0 unspecified atom stereocenters. The summed E-state index contributed by atoms with van der Waals surface area (Å²) in [6.45, 7) is -0.533. The van der Waals surface area contributed by atoms with Gasteiger partial charge in [-0.2, -0.15) is 0 Å². The van der Waals surface area contributed by atoms with Gasteiger partial charge in [0.15, 0.2) is 17.4 Å². The summed E-state index contributed by atoms with van der Waals surface area (Å²) >= 11 is 0.531. The lowest BCUT2D eigenvalue weighted by atomic mass is 10.3. The standard InChI is InChI=1S/C11H8F2N4O4S/c12-9(13)10-15-16-11(22-10)14-8(18)5-21-7-4-2-1-3-6(7)17(19)20/h1-4,9H,5H2,(H,14,16,18). The SMILES string of the molecule is O=C(COc1ccccc1[N+](=O)[O-])Nc1nnc(C(F)F)s1. The summed E-state index contributed by atoms with van der Waals surface area (Å²) in [5.41, 5.74) is -0.286. The second kappa shape index (κ2) is 6.85. The number of alkyl halides is 2. The van der Waals surface area contributed by atoms with Crippen LogP contribution < -0.4 is 10.1 Å². The van der Waals surface area contributed by atoms with Gasteiger partial charge >= 0.3 is 5.69 Å². The minimum absolute atomic E-state index is 0.0758. The maximum Gasteiger partial charge on any atom is 0.310 e. The Balaban J connectivity index is 1.94. The normalized spacial score (nSPS) is 10.5. The van der Waals surface area contributed by atoms with Crippen LogP contribution in [0.5, 0.6) is 5.75 Å². The summed E-state index contributed by atoms with van der Waals surface area (Å²) < 4.78 is 29.7. The second-order valence-electron chi connectivity index (χ2n) is 3.81. The Hall–Kier alpha value is -2.69. The van der Waals surface area contributed by atoms with Gasteiger partial charge in [0.05, 0.1) is 4.92 Å². The smallest absolute Gasteiger partial charge is 0.310 e. The summed E-state index contributed by atoms with van der Waals surface area (Å²) in [6.07, 6.45) is -2.77. The third-order valence-corrected chi connectivity index (χ3v) is 3.14. The molecule has 116 valence electrons. The fourth-order valence-corrected chi connectivity index (χ4v) is 2.02. The quantitative estimate of drug-likeness (QED) is 0.644. The highest BCUT2D eigenvalue weighted by molar-refractivity contribution is 7.15. The highest BCUT2D eigenvalue weighted by Crippen LogP contribution is 2.26. The van der Waals surface area contributed by atoms with Gasteiger partial charge in [0.1, 0.15) is 0 Å². The molecule has 0 bridgehead atoms. The molecule has 1 heterocycles. The summed E-state index contributed by atoms with van der Waals surface area (Å²) in [6, 6.07) is 5.54. The third-order valence-electron chi connectivity index (χ3n) is 2.29. The van der Waals surface area contributed by atoms with Crippen molar-refractivity contribution in [3.8, 4) is 5.75 Å². The van der Waals surface area contributed by atoms with Crippen molar-refractivity contribution in [1.29, 1.82) is 0 Å². The van der Waals surface area contributed by atoms with E-state index in [1.807, 2.05) is 0 Å². The fraction of sp³-hybridized carbons (Fsp3) is 0.182. The van der Waals surface area contributed by atoms with Gasteiger partial charge in [-0.1, -0.05) is 23.5 Å².